The number of rotatable bonds is 3. The van der Waals surface area contributed by atoms with Crippen LogP contribution in [-0.2, 0) is 0 Å². The van der Waals surface area contributed by atoms with E-state index in [4.69, 9.17) is 12.7 Å². The molecular weight excluding hydrogens is 290 g/mol. The maximum absolute atomic E-state index is 6.61. The normalized spacial score (nSPS) is 31.3. The van der Waals surface area contributed by atoms with Crippen LogP contribution in [0.25, 0.3) is 0 Å². The molecule has 0 aromatic heterocycles. The van der Waals surface area contributed by atoms with Gasteiger partial charge in [-0.3, -0.25) is 0 Å². The average molecular weight is 323 g/mol. The quantitative estimate of drug-likeness (QED) is 0.632. The van der Waals surface area contributed by atoms with Gasteiger partial charge in [0, 0.05) is 18.2 Å². The van der Waals surface area contributed by atoms with Crippen LogP contribution < -0.4 is 0 Å². The Balaban J connectivity index is 1.73. The molecule has 1 saturated carbocycles. The Bertz CT molecular complexity index is 500. The highest BCUT2D eigenvalue weighted by Gasteiger charge is 2.39. The molecule has 129 valence electrons. The lowest BCUT2D eigenvalue weighted by Crippen LogP contribution is -2.33. The summed E-state index contributed by atoms with van der Waals surface area (Å²) in [6.07, 6.45) is 14.1. The van der Waals surface area contributed by atoms with Gasteiger partial charge in [0.05, 0.1) is 13.7 Å². The van der Waals surface area contributed by atoms with Crippen molar-refractivity contribution in [3.63, 3.8) is 0 Å². The van der Waals surface area contributed by atoms with Crippen molar-refractivity contribution in [2.45, 2.75) is 109 Å². The highest BCUT2D eigenvalue weighted by Crippen LogP contribution is 2.50. The molecule has 1 atom stereocenters. The summed E-state index contributed by atoms with van der Waals surface area (Å²) < 4.78 is 0. The predicted molar refractivity (Wildman–Crippen MR) is 106 cm³/mol. The van der Waals surface area contributed by atoms with Gasteiger partial charge >= 0.3 is 0 Å². The Kier molecular flexibility index (Phi) is 5.82. The summed E-state index contributed by atoms with van der Waals surface area (Å²) in [6.45, 7) is 6.77. The van der Waals surface area contributed by atoms with Crippen LogP contribution in [0, 0.1) is 0 Å². The van der Waals surface area contributed by atoms with Gasteiger partial charge in [0.25, 0.3) is 7.41 Å². The van der Waals surface area contributed by atoms with Gasteiger partial charge in [-0.2, -0.15) is 0 Å². The number of hydrogen-bond acceptors (Lipinski definition) is 1. The fraction of sp³-hybridized carbons (Fsp3) is 0.850. The zero-order valence-corrected chi connectivity index (χ0v) is 16.0. The second-order valence-electron chi connectivity index (χ2n) is 8.64. The first-order chi connectivity index (χ1) is 11.5. The molecule has 2 nitrogen and oxygen atoms in total. The molecule has 0 amide bonds. The minimum Gasteiger partial charge on any atom is -0.337 e. The van der Waals surface area contributed by atoms with Crippen molar-refractivity contribution < 1.29 is 0 Å². The highest BCUT2D eigenvalue weighted by atomic mass is 15.2. The fourth-order valence-corrected chi connectivity index (χ4v) is 4.77. The Hall–Kier alpha value is -0.660. The van der Waals surface area contributed by atoms with Gasteiger partial charge in [0.1, 0.15) is 0 Å². The molecule has 0 spiro atoms. The van der Waals surface area contributed by atoms with Crippen molar-refractivity contribution in [1.82, 2.24) is 4.90 Å². The van der Waals surface area contributed by atoms with E-state index in [0.717, 1.165) is 12.8 Å². The van der Waals surface area contributed by atoms with Crippen LogP contribution in [-0.4, -0.2) is 32.0 Å². The van der Waals surface area contributed by atoms with Crippen LogP contribution >= 0.6 is 0 Å². The van der Waals surface area contributed by atoms with Crippen molar-refractivity contribution in [2.24, 2.45) is 4.90 Å². The average Bonchev–Trinajstić information content (AvgIpc) is 2.86. The highest BCUT2D eigenvalue weighted by molar-refractivity contribution is 6.38. The van der Waals surface area contributed by atoms with E-state index in [0.29, 0.717) is 11.9 Å². The van der Waals surface area contributed by atoms with E-state index < -0.39 is 0 Å². The summed E-state index contributed by atoms with van der Waals surface area (Å²) >= 11 is 0. The predicted octanol–water partition coefficient (Wildman–Crippen LogP) is 5.44. The summed E-state index contributed by atoms with van der Waals surface area (Å²) in [4.78, 5) is 7.52. The summed E-state index contributed by atoms with van der Waals surface area (Å²) in [5, 5.41) is -0.141. The van der Waals surface area contributed by atoms with Gasteiger partial charge in [-0.1, -0.05) is 58.3 Å². The number of nitrogens with zero attached hydrogens (tertiary/aromatic N) is 2. The summed E-state index contributed by atoms with van der Waals surface area (Å²) in [5.41, 5.74) is 2.93. The fourth-order valence-electron chi connectivity index (χ4n) is 4.77. The van der Waals surface area contributed by atoms with Crippen LogP contribution in [0.1, 0.15) is 91.4 Å². The van der Waals surface area contributed by atoms with Crippen molar-refractivity contribution in [2.75, 3.05) is 0 Å². The number of hydrogen-bond donors (Lipinski definition) is 0. The molecule has 2 aliphatic carbocycles. The number of amidine groups is 1. The number of allylic oxidation sites excluding steroid dienone is 1. The summed E-state index contributed by atoms with van der Waals surface area (Å²) in [7, 11) is 8.89. The minimum absolute atomic E-state index is 0.141. The zero-order chi connectivity index (χ0) is 17.2. The Morgan fingerprint density at radius 2 is 1.79 bits per heavy atom. The van der Waals surface area contributed by atoms with Gasteiger partial charge < -0.3 is 9.80 Å². The molecule has 4 heteroatoms. The van der Waals surface area contributed by atoms with Gasteiger partial charge in [-0.05, 0) is 43.4 Å². The van der Waals surface area contributed by atoms with Crippen LogP contribution in [0.2, 0.25) is 11.1 Å². The standard InChI is InChI=1S/C20H33B2N2/c1-15(2)24-18-12-9-13-20(3,21)17(18)14-19(24)23-22-16-10-7-5-4-6-8-11-16/h15-16H,4-14H2,1-3H3. The smallest absolute Gasteiger partial charge is 0.280 e. The third kappa shape index (κ3) is 3.94. The first kappa shape index (κ1) is 18.1. The van der Waals surface area contributed by atoms with Crippen molar-refractivity contribution in [3.8, 4) is 0 Å². The third-order valence-electron chi connectivity index (χ3n) is 6.15. The maximum atomic E-state index is 6.61. The molecule has 24 heavy (non-hydrogen) atoms. The molecular formula is C20H33B2N2. The van der Waals surface area contributed by atoms with E-state index in [1.54, 1.807) is 0 Å². The third-order valence-corrected chi connectivity index (χ3v) is 6.15. The zero-order valence-electron chi connectivity index (χ0n) is 16.0. The second kappa shape index (κ2) is 7.70. The molecule has 0 N–H and O–H groups in total. The van der Waals surface area contributed by atoms with Crippen molar-refractivity contribution in [1.29, 1.82) is 0 Å². The van der Waals surface area contributed by atoms with E-state index in [9.17, 15) is 0 Å². The molecule has 0 saturated heterocycles. The van der Waals surface area contributed by atoms with E-state index in [1.165, 1.54) is 74.9 Å². The lowest BCUT2D eigenvalue weighted by molar-refractivity contribution is 0.395. The van der Waals surface area contributed by atoms with Crippen LogP contribution in [0.5, 0.6) is 0 Å². The molecule has 0 aromatic rings. The molecule has 1 aliphatic heterocycles. The molecule has 1 fully saturated rings. The van der Waals surface area contributed by atoms with Gasteiger partial charge in [0.2, 0.25) is 0 Å². The summed E-state index contributed by atoms with van der Waals surface area (Å²) in [5.74, 6) is 1.92. The topological polar surface area (TPSA) is 15.6 Å². The Labute approximate surface area is 151 Å². The maximum Gasteiger partial charge on any atom is 0.280 e. The molecule has 0 bridgehead atoms. The van der Waals surface area contributed by atoms with E-state index in [-0.39, 0.29) is 5.31 Å². The summed E-state index contributed by atoms with van der Waals surface area (Å²) in [6, 6.07) is 0.468. The van der Waals surface area contributed by atoms with Crippen LogP contribution in [0.4, 0.5) is 0 Å². The monoisotopic (exact) mass is 323 g/mol. The Morgan fingerprint density at radius 3 is 2.46 bits per heavy atom. The molecule has 3 aliphatic rings. The van der Waals surface area contributed by atoms with Crippen LogP contribution in [0.3, 0.4) is 0 Å². The van der Waals surface area contributed by atoms with Crippen molar-refractivity contribution in [3.05, 3.63) is 11.3 Å². The molecule has 1 unspecified atom stereocenters. The molecule has 3 radical (unpaired) electrons. The van der Waals surface area contributed by atoms with Gasteiger partial charge in [0.15, 0.2) is 0 Å². The van der Waals surface area contributed by atoms with Gasteiger partial charge in [-0.15, -0.1) is 0 Å². The second-order valence-corrected chi connectivity index (χ2v) is 8.64. The lowest BCUT2D eigenvalue weighted by atomic mass is 9.59. The van der Waals surface area contributed by atoms with Gasteiger partial charge in [-0.25, -0.2) is 0 Å². The first-order valence-electron chi connectivity index (χ1n) is 10.2. The lowest BCUT2D eigenvalue weighted by Gasteiger charge is -2.35. The SMILES string of the molecule is [B]C1(C)CCCC2=C1CC(=N[B]C1CCCCCCC1)N2C(C)C. The largest absolute Gasteiger partial charge is 0.337 e. The minimum atomic E-state index is -0.141. The molecule has 0 aromatic carbocycles. The van der Waals surface area contributed by atoms with E-state index in [2.05, 4.69) is 33.1 Å². The van der Waals surface area contributed by atoms with E-state index >= 15 is 0 Å². The molecule has 3 rings (SSSR count). The van der Waals surface area contributed by atoms with Crippen LogP contribution in [0.15, 0.2) is 16.2 Å². The van der Waals surface area contributed by atoms with E-state index in [1.807, 2.05) is 0 Å². The first-order valence-corrected chi connectivity index (χ1v) is 10.2. The Morgan fingerprint density at radius 1 is 1.12 bits per heavy atom. The molecule has 1 heterocycles. The van der Waals surface area contributed by atoms with Crippen molar-refractivity contribution >= 4 is 21.1 Å².